The van der Waals surface area contributed by atoms with Gasteiger partial charge in [0.1, 0.15) is 19.3 Å². The number of sulfonamides is 1. The topological polar surface area (TPSA) is 102 Å². The first-order valence-electron chi connectivity index (χ1n) is 14.1. The first kappa shape index (κ1) is 30.3. The molecule has 0 aliphatic heterocycles. The summed E-state index contributed by atoms with van der Waals surface area (Å²) < 4.78 is 39.9. The van der Waals surface area contributed by atoms with Crippen molar-refractivity contribution in [3.63, 3.8) is 0 Å². The van der Waals surface area contributed by atoms with Crippen molar-refractivity contribution in [2.45, 2.75) is 63.2 Å². The first-order chi connectivity index (χ1) is 19.8. The molecule has 1 fully saturated rings. The average molecular weight is 579 g/mol. The Morgan fingerprint density at radius 2 is 1.44 bits per heavy atom. The zero-order chi connectivity index (χ0) is 29.1. The first-order valence-corrected chi connectivity index (χ1v) is 15.5. The Bertz CT molecular complexity index is 1360. The van der Waals surface area contributed by atoms with Gasteiger partial charge in [0.05, 0.1) is 4.90 Å². The van der Waals surface area contributed by atoms with Gasteiger partial charge in [0.25, 0.3) is 0 Å². The second-order valence-electron chi connectivity index (χ2n) is 10.4. The monoisotopic (exact) mass is 578 g/mol. The highest BCUT2D eigenvalue weighted by Gasteiger charge is 2.40. The van der Waals surface area contributed by atoms with Gasteiger partial charge < -0.3 is 14.8 Å². The summed E-state index contributed by atoms with van der Waals surface area (Å²) in [5.41, 5.74) is 2.67. The number of benzene rings is 3. The van der Waals surface area contributed by atoms with Crippen LogP contribution in [0.25, 0.3) is 0 Å². The molecule has 0 unspecified atom stereocenters. The average Bonchev–Trinajstić information content (AvgIpc) is 3.81. The number of hydrogen-bond acceptors (Lipinski definition) is 6. The van der Waals surface area contributed by atoms with Crippen molar-refractivity contribution in [1.82, 2.24) is 9.62 Å². The molecule has 0 radical (unpaired) electrons. The number of amides is 1. The zero-order valence-electron chi connectivity index (χ0n) is 23.4. The van der Waals surface area contributed by atoms with Crippen LogP contribution in [-0.2, 0) is 37.5 Å². The molecule has 1 aliphatic rings. The molecule has 4 rings (SSSR count). The van der Waals surface area contributed by atoms with Crippen molar-refractivity contribution in [3.05, 3.63) is 102 Å². The van der Waals surface area contributed by atoms with Crippen LogP contribution >= 0.6 is 0 Å². The van der Waals surface area contributed by atoms with Crippen molar-refractivity contribution in [2.75, 3.05) is 13.1 Å². The SMILES string of the molecule is Cc1ccc(S(=O)(=O)N(CC2CC2)[C@@H](CCCCNC(=O)OCc2ccccc2)C(=O)OCc2ccccc2)cc1. The van der Waals surface area contributed by atoms with Crippen molar-refractivity contribution in [3.8, 4) is 0 Å². The minimum Gasteiger partial charge on any atom is -0.460 e. The summed E-state index contributed by atoms with van der Waals surface area (Å²) in [5, 5.41) is 2.73. The summed E-state index contributed by atoms with van der Waals surface area (Å²) in [6.07, 6.45) is 2.66. The van der Waals surface area contributed by atoms with Crippen LogP contribution in [0.3, 0.4) is 0 Å². The second-order valence-corrected chi connectivity index (χ2v) is 12.3. The second kappa shape index (κ2) is 14.8. The van der Waals surface area contributed by atoms with Crippen LogP contribution in [0.5, 0.6) is 0 Å². The number of unbranched alkanes of at least 4 members (excludes halogenated alkanes) is 1. The summed E-state index contributed by atoms with van der Waals surface area (Å²) in [6.45, 7) is 2.74. The minimum atomic E-state index is -3.95. The number of aryl methyl sites for hydroxylation is 1. The number of rotatable bonds is 15. The molecule has 8 nitrogen and oxygen atoms in total. The van der Waals surface area contributed by atoms with Crippen LogP contribution < -0.4 is 5.32 Å². The van der Waals surface area contributed by atoms with E-state index in [4.69, 9.17) is 9.47 Å². The van der Waals surface area contributed by atoms with Crippen LogP contribution in [0.15, 0.2) is 89.8 Å². The molecule has 3 aromatic carbocycles. The summed E-state index contributed by atoms with van der Waals surface area (Å²) >= 11 is 0. The quantitative estimate of drug-likeness (QED) is 0.186. The van der Waals surface area contributed by atoms with E-state index < -0.39 is 28.1 Å². The van der Waals surface area contributed by atoms with E-state index >= 15 is 0 Å². The van der Waals surface area contributed by atoms with Crippen LogP contribution in [0, 0.1) is 12.8 Å². The van der Waals surface area contributed by atoms with Gasteiger partial charge in [0.15, 0.2) is 0 Å². The molecule has 0 saturated heterocycles. The third-order valence-corrected chi connectivity index (χ3v) is 8.88. The van der Waals surface area contributed by atoms with Gasteiger partial charge >= 0.3 is 12.1 Å². The summed E-state index contributed by atoms with van der Waals surface area (Å²) in [6, 6.07) is 24.4. The van der Waals surface area contributed by atoms with Gasteiger partial charge in [0.2, 0.25) is 10.0 Å². The third-order valence-electron chi connectivity index (χ3n) is 6.99. The molecule has 0 bridgehead atoms. The van der Waals surface area contributed by atoms with Gasteiger partial charge in [-0.2, -0.15) is 4.31 Å². The van der Waals surface area contributed by atoms with Crippen LogP contribution in [0.2, 0.25) is 0 Å². The third kappa shape index (κ3) is 9.43. The maximum atomic E-state index is 13.8. The molecule has 1 aliphatic carbocycles. The van der Waals surface area contributed by atoms with Crippen LogP contribution in [0.4, 0.5) is 4.79 Å². The Kier molecular flexibility index (Phi) is 10.9. The number of nitrogens with one attached hydrogen (secondary N) is 1. The predicted molar refractivity (Wildman–Crippen MR) is 156 cm³/mol. The number of alkyl carbamates (subject to hydrolysis) is 1. The molecule has 0 spiro atoms. The number of carbonyl (C=O) groups is 2. The number of ether oxygens (including phenoxy) is 2. The Morgan fingerprint density at radius 3 is 2.02 bits per heavy atom. The lowest BCUT2D eigenvalue weighted by Gasteiger charge is -2.30. The molecule has 3 aromatic rings. The van der Waals surface area contributed by atoms with E-state index in [2.05, 4.69) is 5.32 Å². The Labute approximate surface area is 242 Å². The van der Waals surface area contributed by atoms with Crippen LogP contribution in [0.1, 0.15) is 48.8 Å². The highest BCUT2D eigenvalue weighted by molar-refractivity contribution is 7.89. The molecule has 1 N–H and O–H groups in total. The van der Waals surface area contributed by atoms with Gasteiger partial charge in [-0.15, -0.1) is 0 Å². The lowest BCUT2D eigenvalue weighted by atomic mass is 10.1. The van der Waals surface area contributed by atoms with Crippen molar-refractivity contribution >= 4 is 22.1 Å². The predicted octanol–water partition coefficient (Wildman–Crippen LogP) is 5.60. The van der Waals surface area contributed by atoms with E-state index in [0.717, 1.165) is 29.5 Å². The molecule has 1 saturated carbocycles. The molecule has 1 amide bonds. The van der Waals surface area contributed by atoms with Gasteiger partial charge in [-0.1, -0.05) is 78.4 Å². The molecular weight excluding hydrogens is 540 g/mol. The fraction of sp³-hybridized carbons (Fsp3) is 0.375. The van der Waals surface area contributed by atoms with Crippen LogP contribution in [-0.4, -0.2) is 43.9 Å². The van der Waals surface area contributed by atoms with Gasteiger partial charge in [0, 0.05) is 13.1 Å². The molecular formula is C32H38N2O6S. The van der Waals surface area contributed by atoms with Gasteiger partial charge in [-0.3, -0.25) is 4.79 Å². The lowest BCUT2D eigenvalue weighted by Crippen LogP contribution is -2.46. The molecule has 218 valence electrons. The zero-order valence-corrected chi connectivity index (χ0v) is 24.2. The molecule has 0 heterocycles. The minimum absolute atomic E-state index is 0.0623. The molecule has 41 heavy (non-hydrogen) atoms. The maximum absolute atomic E-state index is 13.8. The number of hydrogen-bond donors (Lipinski definition) is 1. The van der Waals surface area contributed by atoms with Crippen molar-refractivity contribution in [2.24, 2.45) is 5.92 Å². The van der Waals surface area contributed by atoms with E-state index in [1.807, 2.05) is 67.6 Å². The summed E-state index contributed by atoms with van der Waals surface area (Å²) in [4.78, 5) is 25.7. The standard InChI is InChI=1S/C32H38N2O6S/c1-25-15-19-29(20-16-25)41(37,38)34(22-26-17-18-26)30(31(35)39-23-27-10-4-2-5-11-27)14-8-9-21-33-32(36)40-24-28-12-6-3-7-13-28/h2-7,10-13,15-16,19-20,26,30H,8-9,14,17-18,21-24H2,1H3,(H,33,36)/t30-/m0/s1. The Hall–Kier alpha value is -3.69. The summed E-state index contributed by atoms with van der Waals surface area (Å²) in [5.74, 6) is -0.346. The van der Waals surface area contributed by atoms with E-state index in [-0.39, 0.29) is 37.0 Å². The molecule has 0 aromatic heterocycles. The normalized spacial score (nSPS) is 13.9. The van der Waals surface area contributed by atoms with Crippen molar-refractivity contribution in [1.29, 1.82) is 0 Å². The number of nitrogens with zero attached hydrogens (tertiary/aromatic N) is 1. The highest BCUT2D eigenvalue weighted by atomic mass is 32.2. The fourth-order valence-electron chi connectivity index (χ4n) is 4.43. The maximum Gasteiger partial charge on any atom is 0.407 e. The van der Waals surface area contributed by atoms with E-state index in [1.54, 1.807) is 24.3 Å². The fourth-order valence-corrected chi connectivity index (χ4v) is 6.11. The smallest absolute Gasteiger partial charge is 0.407 e. The van der Waals surface area contributed by atoms with E-state index in [1.165, 1.54) is 4.31 Å². The molecule has 1 atom stereocenters. The van der Waals surface area contributed by atoms with E-state index in [9.17, 15) is 18.0 Å². The summed E-state index contributed by atoms with van der Waals surface area (Å²) in [7, 11) is -3.95. The van der Waals surface area contributed by atoms with Gasteiger partial charge in [-0.05, 0) is 68.2 Å². The Balaban J connectivity index is 1.40. The van der Waals surface area contributed by atoms with Gasteiger partial charge in [-0.25, -0.2) is 13.2 Å². The largest absolute Gasteiger partial charge is 0.460 e. The number of carbonyl (C=O) groups excluding carboxylic acids is 2. The Morgan fingerprint density at radius 1 is 0.854 bits per heavy atom. The molecule has 9 heteroatoms. The van der Waals surface area contributed by atoms with Crippen molar-refractivity contribution < 1.29 is 27.5 Å². The highest BCUT2D eigenvalue weighted by Crippen LogP contribution is 2.34. The van der Waals surface area contributed by atoms with E-state index in [0.29, 0.717) is 19.4 Å². The lowest BCUT2D eigenvalue weighted by molar-refractivity contribution is -0.150. The number of esters is 1.